The van der Waals surface area contributed by atoms with Crippen LogP contribution >= 0.6 is 10.5 Å². The van der Waals surface area contributed by atoms with Gasteiger partial charge in [-0.25, -0.2) is 0 Å². The van der Waals surface area contributed by atoms with Gasteiger partial charge in [0.2, 0.25) is 0 Å². The molecule has 0 aliphatic rings. The van der Waals surface area contributed by atoms with Crippen LogP contribution in [0.15, 0.2) is 53.6 Å². The summed E-state index contributed by atoms with van der Waals surface area (Å²) >= 11 is 0. The van der Waals surface area contributed by atoms with Crippen molar-refractivity contribution < 1.29 is 26.3 Å². The van der Waals surface area contributed by atoms with Crippen LogP contribution in [0.5, 0.6) is 0 Å². The summed E-state index contributed by atoms with van der Waals surface area (Å²) in [6.07, 6.45) is -9.05. The van der Waals surface area contributed by atoms with Crippen molar-refractivity contribution in [1.82, 2.24) is 0 Å². The van der Waals surface area contributed by atoms with Gasteiger partial charge in [0.15, 0.2) is 0 Å². The van der Waals surface area contributed by atoms with Gasteiger partial charge in [0.25, 0.3) is 0 Å². The highest BCUT2D eigenvalue weighted by Gasteiger charge is 2.35. The first-order valence-corrected chi connectivity index (χ1v) is 11.2. The number of hydrogen-bond acceptors (Lipinski definition) is 2. The van der Waals surface area contributed by atoms with Crippen molar-refractivity contribution in [3.8, 4) is 0 Å². The third-order valence-corrected chi connectivity index (χ3v) is 6.94. The van der Waals surface area contributed by atoms with E-state index < -0.39 is 39.4 Å². The lowest BCUT2D eigenvalue weighted by atomic mass is 9.92. The number of anilines is 2. The van der Waals surface area contributed by atoms with E-state index in [-0.39, 0.29) is 5.69 Å². The lowest BCUT2D eigenvalue weighted by Crippen LogP contribution is -2.24. The van der Waals surface area contributed by atoms with Gasteiger partial charge in [0.05, 0.1) is 16.8 Å². The van der Waals surface area contributed by atoms with Gasteiger partial charge in [-0.3, -0.25) is 0 Å². The number of aryl methyl sites for hydroxylation is 1. The molecule has 0 heterocycles. The van der Waals surface area contributed by atoms with E-state index in [0.29, 0.717) is 27.6 Å². The first-order chi connectivity index (χ1) is 14.5. The maximum absolute atomic E-state index is 13.5. The number of allylic oxidation sites excluding steroid dienone is 1. The van der Waals surface area contributed by atoms with Gasteiger partial charge in [-0.05, 0) is 48.9 Å². The Labute approximate surface area is 186 Å². The molecule has 2 rings (SSSR count). The summed E-state index contributed by atoms with van der Waals surface area (Å²) < 4.78 is 80.1. The molecule has 0 aliphatic carbocycles. The number of hydrogen-bond donors (Lipinski definition) is 2. The van der Waals surface area contributed by atoms with Crippen LogP contribution in [-0.2, 0) is 12.4 Å². The Kier molecular flexibility index (Phi) is 7.44. The summed E-state index contributed by atoms with van der Waals surface area (Å²) in [5.41, 5.74) is -1.40. The molecule has 1 atom stereocenters. The number of alkyl halides is 6. The van der Waals surface area contributed by atoms with E-state index in [1.54, 1.807) is 26.8 Å². The second-order valence-electron chi connectivity index (χ2n) is 8.17. The fraction of sp³-hybridized carbons (Fsp3) is 0.348. The second-order valence-corrected chi connectivity index (χ2v) is 9.91. The number of halogens is 6. The maximum Gasteiger partial charge on any atom is 0.418 e. The third kappa shape index (κ3) is 6.31. The largest absolute Gasteiger partial charge is 0.418 e. The molecular weight excluding hydrogens is 450 g/mol. The van der Waals surface area contributed by atoms with Crippen molar-refractivity contribution in [1.29, 1.82) is 0 Å². The molecule has 176 valence electrons. The standard InChI is InChI=1S/C23H26F6N2S/c1-14-9-16(22(24,25)26)11-18(10-14)32(6)13-21(3,4)15(2)31-20-8-7-17(30-5)12-19(20)23(27,28)29/h7-12,30-31H,2,6,13H2,1,3-5H3. The minimum absolute atomic E-state index is 0.145. The molecule has 1 unspecified atom stereocenters. The number of rotatable bonds is 7. The summed E-state index contributed by atoms with van der Waals surface area (Å²) in [6.45, 7) is 9.02. The van der Waals surface area contributed by atoms with Crippen LogP contribution in [0.4, 0.5) is 37.7 Å². The summed E-state index contributed by atoms with van der Waals surface area (Å²) in [6, 6.07) is 7.62. The van der Waals surface area contributed by atoms with Crippen molar-refractivity contribution >= 4 is 27.7 Å². The fourth-order valence-electron chi connectivity index (χ4n) is 3.06. The first kappa shape index (κ1) is 25.8. The zero-order chi connectivity index (χ0) is 24.5. The molecule has 0 radical (unpaired) electrons. The van der Waals surface area contributed by atoms with Gasteiger partial charge < -0.3 is 10.6 Å². The summed E-state index contributed by atoms with van der Waals surface area (Å²) in [5.74, 6) is 4.33. The summed E-state index contributed by atoms with van der Waals surface area (Å²) in [5, 5.41) is 5.44. The Bertz CT molecular complexity index is 1020. The molecule has 2 aromatic rings. The average molecular weight is 477 g/mol. The normalized spacial score (nSPS) is 13.6. The monoisotopic (exact) mass is 476 g/mol. The van der Waals surface area contributed by atoms with Crippen LogP contribution in [0.1, 0.15) is 30.5 Å². The van der Waals surface area contributed by atoms with Crippen LogP contribution in [0.3, 0.4) is 0 Å². The molecule has 2 aromatic carbocycles. The topological polar surface area (TPSA) is 24.1 Å². The molecular formula is C23H26F6N2S. The smallest absolute Gasteiger partial charge is 0.388 e. The molecule has 0 bridgehead atoms. The summed E-state index contributed by atoms with van der Waals surface area (Å²) in [4.78, 5) is 0.438. The molecule has 0 aromatic heterocycles. The highest BCUT2D eigenvalue weighted by molar-refractivity contribution is 8.14. The van der Waals surface area contributed by atoms with Crippen LogP contribution < -0.4 is 10.6 Å². The molecule has 0 saturated carbocycles. The van der Waals surface area contributed by atoms with E-state index in [1.807, 2.05) is 0 Å². The van der Waals surface area contributed by atoms with Crippen molar-refractivity contribution in [2.75, 3.05) is 23.4 Å². The van der Waals surface area contributed by atoms with Gasteiger partial charge in [0, 0.05) is 34.5 Å². The van der Waals surface area contributed by atoms with E-state index in [1.165, 1.54) is 19.2 Å². The third-order valence-electron chi connectivity index (χ3n) is 4.96. The second kappa shape index (κ2) is 9.21. The van der Waals surface area contributed by atoms with Crippen LogP contribution in [0.2, 0.25) is 0 Å². The van der Waals surface area contributed by atoms with E-state index in [0.717, 1.165) is 18.2 Å². The van der Waals surface area contributed by atoms with Gasteiger partial charge in [-0.15, -0.1) is 0 Å². The maximum atomic E-state index is 13.5. The van der Waals surface area contributed by atoms with Crippen molar-refractivity contribution in [3.05, 3.63) is 65.4 Å². The predicted octanol–water partition coefficient (Wildman–Crippen LogP) is 7.79. The molecule has 0 saturated heterocycles. The van der Waals surface area contributed by atoms with Gasteiger partial charge >= 0.3 is 12.4 Å². The minimum Gasteiger partial charge on any atom is -0.388 e. The number of benzene rings is 2. The SMILES string of the molecule is C=C(Nc1ccc(NC)cc1C(F)(F)F)C(C)(C)CS(=C)c1cc(C)cc(C(F)(F)F)c1. The number of nitrogens with one attached hydrogen (secondary N) is 2. The van der Waals surface area contributed by atoms with E-state index >= 15 is 0 Å². The molecule has 2 nitrogen and oxygen atoms in total. The Hall–Kier alpha value is -2.42. The lowest BCUT2D eigenvalue weighted by molar-refractivity contribution is -0.138. The fourth-order valence-corrected chi connectivity index (χ4v) is 4.92. The van der Waals surface area contributed by atoms with Crippen LogP contribution in [0.25, 0.3) is 0 Å². The van der Waals surface area contributed by atoms with Crippen molar-refractivity contribution in [3.63, 3.8) is 0 Å². The Morgan fingerprint density at radius 3 is 2.12 bits per heavy atom. The van der Waals surface area contributed by atoms with Gasteiger partial charge in [0.1, 0.15) is 0 Å². The zero-order valence-corrected chi connectivity index (χ0v) is 19.1. The van der Waals surface area contributed by atoms with Crippen molar-refractivity contribution in [2.45, 2.75) is 38.0 Å². The Morgan fingerprint density at radius 1 is 0.969 bits per heavy atom. The molecule has 2 N–H and O–H groups in total. The predicted molar refractivity (Wildman–Crippen MR) is 122 cm³/mol. The van der Waals surface area contributed by atoms with E-state index in [4.69, 9.17) is 0 Å². The molecule has 0 amide bonds. The van der Waals surface area contributed by atoms with Gasteiger partial charge in [-0.1, -0.05) is 26.3 Å². The molecule has 0 aliphatic heterocycles. The zero-order valence-electron chi connectivity index (χ0n) is 18.3. The molecule has 9 heteroatoms. The van der Waals surface area contributed by atoms with Crippen molar-refractivity contribution in [2.24, 2.45) is 5.41 Å². The van der Waals surface area contributed by atoms with E-state index in [2.05, 4.69) is 23.1 Å². The molecule has 0 spiro atoms. The Morgan fingerprint density at radius 2 is 1.59 bits per heavy atom. The average Bonchev–Trinajstić information content (AvgIpc) is 2.65. The quantitative estimate of drug-likeness (QED) is 0.315. The highest BCUT2D eigenvalue weighted by Crippen LogP contribution is 2.42. The van der Waals surface area contributed by atoms with E-state index in [9.17, 15) is 26.3 Å². The molecule has 32 heavy (non-hydrogen) atoms. The van der Waals surface area contributed by atoms with Crippen LogP contribution in [-0.4, -0.2) is 18.7 Å². The Balaban J connectivity index is 2.28. The minimum atomic E-state index is -4.58. The summed E-state index contributed by atoms with van der Waals surface area (Å²) in [7, 11) is 0.676. The van der Waals surface area contributed by atoms with Gasteiger partial charge in [-0.2, -0.15) is 36.8 Å². The first-order valence-electron chi connectivity index (χ1n) is 9.59. The molecule has 0 fully saturated rings. The van der Waals surface area contributed by atoms with Crippen LogP contribution in [0, 0.1) is 12.3 Å². The highest BCUT2D eigenvalue weighted by atomic mass is 32.2. The lowest BCUT2D eigenvalue weighted by Gasteiger charge is -2.31.